The van der Waals surface area contributed by atoms with Crippen molar-refractivity contribution < 1.29 is 18.7 Å². The molecule has 0 aliphatic carbocycles. The minimum atomic E-state index is -0.537. The number of ether oxygens (including phenoxy) is 1. The molecule has 28 heavy (non-hydrogen) atoms. The lowest BCUT2D eigenvalue weighted by Crippen LogP contribution is -2.41. The van der Waals surface area contributed by atoms with Crippen LogP contribution >= 0.6 is 0 Å². The maximum atomic E-state index is 13.7. The van der Waals surface area contributed by atoms with E-state index < -0.39 is 5.82 Å². The lowest BCUT2D eigenvalue weighted by atomic mass is 10.0. The van der Waals surface area contributed by atoms with Crippen molar-refractivity contribution in [1.82, 2.24) is 4.90 Å². The second-order valence-electron chi connectivity index (χ2n) is 7.10. The van der Waals surface area contributed by atoms with E-state index in [0.29, 0.717) is 13.1 Å². The van der Waals surface area contributed by atoms with E-state index in [-0.39, 0.29) is 36.2 Å². The molecule has 0 spiro atoms. The average Bonchev–Trinajstić information content (AvgIpc) is 2.73. The van der Waals surface area contributed by atoms with E-state index in [9.17, 15) is 14.0 Å². The lowest BCUT2D eigenvalue weighted by molar-refractivity contribution is -0.132. The molecule has 0 aromatic heterocycles. The fourth-order valence-corrected chi connectivity index (χ4v) is 3.45. The van der Waals surface area contributed by atoms with Crippen LogP contribution in [-0.2, 0) is 11.2 Å². The van der Waals surface area contributed by atoms with Crippen molar-refractivity contribution in [3.05, 3.63) is 65.5 Å². The number of carbonyl (C=O) groups excluding carboxylic acids is 2. The van der Waals surface area contributed by atoms with E-state index in [1.54, 1.807) is 17.0 Å². The highest BCUT2D eigenvalue weighted by atomic mass is 19.1. The second-order valence-corrected chi connectivity index (χ2v) is 7.10. The number of ketones is 1. The summed E-state index contributed by atoms with van der Waals surface area (Å²) in [6.07, 6.45) is 2.73. The van der Waals surface area contributed by atoms with Gasteiger partial charge in [0.25, 0.3) is 0 Å². The highest BCUT2D eigenvalue weighted by molar-refractivity contribution is 5.98. The number of hydrogen-bond acceptors (Lipinski definition) is 3. The van der Waals surface area contributed by atoms with Gasteiger partial charge < -0.3 is 9.64 Å². The molecule has 0 atom stereocenters. The maximum Gasteiger partial charge on any atom is 0.223 e. The smallest absolute Gasteiger partial charge is 0.223 e. The first-order valence-corrected chi connectivity index (χ1v) is 9.88. The summed E-state index contributed by atoms with van der Waals surface area (Å²) in [5, 5.41) is 0. The van der Waals surface area contributed by atoms with Gasteiger partial charge in [-0.1, -0.05) is 31.2 Å². The Kier molecular flexibility index (Phi) is 6.80. The van der Waals surface area contributed by atoms with Gasteiger partial charge in [-0.05, 0) is 36.2 Å². The molecule has 148 valence electrons. The molecule has 5 heteroatoms. The van der Waals surface area contributed by atoms with Gasteiger partial charge in [-0.3, -0.25) is 9.59 Å². The summed E-state index contributed by atoms with van der Waals surface area (Å²) < 4.78 is 19.7. The summed E-state index contributed by atoms with van der Waals surface area (Å²) in [7, 11) is 0. The van der Waals surface area contributed by atoms with Crippen molar-refractivity contribution in [2.75, 3.05) is 13.1 Å². The number of halogens is 1. The van der Waals surface area contributed by atoms with Crippen molar-refractivity contribution >= 4 is 11.7 Å². The molecule has 0 unspecified atom stereocenters. The second kappa shape index (κ2) is 9.49. The summed E-state index contributed by atoms with van der Waals surface area (Å²) >= 11 is 0. The van der Waals surface area contributed by atoms with Gasteiger partial charge in [0, 0.05) is 38.8 Å². The normalized spacial score (nSPS) is 14.7. The van der Waals surface area contributed by atoms with Crippen LogP contribution in [0.2, 0.25) is 0 Å². The molecule has 3 rings (SSSR count). The topological polar surface area (TPSA) is 46.6 Å². The van der Waals surface area contributed by atoms with E-state index >= 15 is 0 Å². The summed E-state index contributed by atoms with van der Waals surface area (Å²) in [5.41, 5.74) is 1.29. The van der Waals surface area contributed by atoms with E-state index in [1.165, 1.54) is 17.7 Å². The zero-order valence-corrected chi connectivity index (χ0v) is 16.2. The van der Waals surface area contributed by atoms with Gasteiger partial charge in [-0.2, -0.15) is 0 Å². The number of rotatable bonds is 7. The Morgan fingerprint density at radius 3 is 2.54 bits per heavy atom. The highest BCUT2D eigenvalue weighted by Crippen LogP contribution is 2.21. The molecule has 1 saturated heterocycles. The van der Waals surface area contributed by atoms with Crippen molar-refractivity contribution in [2.24, 2.45) is 0 Å². The third-order valence-electron chi connectivity index (χ3n) is 5.14. The first-order chi connectivity index (χ1) is 13.6. The van der Waals surface area contributed by atoms with E-state index in [2.05, 4.69) is 19.1 Å². The Hall–Kier alpha value is -2.69. The van der Waals surface area contributed by atoms with Crippen molar-refractivity contribution in [3.8, 4) is 5.75 Å². The predicted octanol–water partition coefficient (Wildman–Crippen LogP) is 4.42. The van der Waals surface area contributed by atoms with Crippen LogP contribution in [0.3, 0.4) is 0 Å². The fraction of sp³-hybridized carbons (Fsp3) is 0.391. The fourth-order valence-electron chi connectivity index (χ4n) is 3.45. The summed E-state index contributed by atoms with van der Waals surface area (Å²) in [6, 6.07) is 14.0. The number of amides is 1. The molecular weight excluding hydrogens is 357 g/mol. The van der Waals surface area contributed by atoms with Gasteiger partial charge in [0.2, 0.25) is 5.91 Å². The molecule has 2 aromatic rings. The first kappa shape index (κ1) is 20.1. The number of likely N-dealkylation sites (tertiary alicyclic amines) is 1. The molecule has 1 amide bonds. The SMILES string of the molecule is CCc1cccc(OC2CCN(C(=O)CCC(=O)c3ccccc3F)CC2)c1. The number of piperidine rings is 1. The van der Waals surface area contributed by atoms with Crippen LogP contribution in [0.5, 0.6) is 5.75 Å². The molecule has 1 fully saturated rings. The zero-order valence-electron chi connectivity index (χ0n) is 16.2. The number of hydrogen-bond donors (Lipinski definition) is 0. The van der Waals surface area contributed by atoms with Crippen LogP contribution in [-0.4, -0.2) is 35.8 Å². The van der Waals surface area contributed by atoms with Gasteiger partial charge in [0.05, 0.1) is 5.56 Å². The number of aryl methyl sites for hydroxylation is 1. The van der Waals surface area contributed by atoms with Crippen LogP contribution in [0.25, 0.3) is 0 Å². The van der Waals surface area contributed by atoms with E-state index in [4.69, 9.17) is 4.74 Å². The number of benzene rings is 2. The highest BCUT2D eigenvalue weighted by Gasteiger charge is 2.24. The quantitative estimate of drug-likeness (QED) is 0.665. The van der Waals surface area contributed by atoms with Gasteiger partial charge >= 0.3 is 0 Å². The monoisotopic (exact) mass is 383 g/mol. The maximum absolute atomic E-state index is 13.7. The largest absolute Gasteiger partial charge is 0.490 e. The van der Waals surface area contributed by atoms with E-state index in [1.807, 2.05) is 12.1 Å². The van der Waals surface area contributed by atoms with Crippen LogP contribution in [0, 0.1) is 5.82 Å². The van der Waals surface area contributed by atoms with Crippen molar-refractivity contribution in [2.45, 2.75) is 45.1 Å². The summed E-state index contributed by atoms with van der Waals surface area (Å²) in [6.45, 7) is 3.34. The van der Waals surface area contributed by atoms with Gasteiger partial charge in [0.15, 0.2) is 5.78 Å². The molecule has 2 aromatic carbocycles. The molecule has 1 aliphatic heterocycles. The Morgan fingerprint density at radius 1 is 1.07 bits per heavy atom. The van der Waals surface area contributed by atoms with Crippen molar-refractivity contribution in [3.63, 3.8) is 0 Å². The predicted molar refractivity (Wildman–Crippen MR) is 106 cm³/mol. The van der Waals surface area contributed by atoms with Crippen LogP contribution in [0.1, 0.15) is 48.5 Å². The Balaban J connectivity index is 1.44. The average molecular weight is 383 g/mol. The Labute approximate surface area is 165 Å². The van der Waals surface area contributed by atoms with Gasteiger partial charge in [0.1, 0.15) is 17.7 Å². The molecule has 0 radical (unpaired) electrons. The molecule has 1 aliphatic rings. The van der Waals surface area contributed by atoms with E-state index in [0.717, 1.165) is 25.0 Å². The number of carbonyl (C=O) groups is 2. The third kappa shape index (κ3) is 5.18. The first-order valence-electron chi connectivity index (χ1n) is 9.88. The van der Waals surface area contributed by atoms with Gasteiger partial charge in [-0.15, -0.1) is 0 Å². The summed E-state index contributed by atoms with van der Waals surface area (Å²) in [4.78, 5) is 26.3. The third-order valence-corrected chi connectivity index (χ3v) is 5.14. The molecular formula is C23H26FNO3. The van der Waals surface area contributed by atoms with Crippen LogP contribution < -0.4 is 4.74 Å². The molecule has 0 bridgehead atoms. The lowest BCUT2D eigenvalue weighted by Gasteiger charge is -2.32. The van der Waals surface area contributed by atoms with Crippen molar-refractivity contribution in [1.29, 1.82) is 0 Å². The van der Waals surface area contributed by atoms with Crippen LogP contribution in [0.4, 0.5) is 4.39 Å². The standard InChI is InChI=1S/C23H26FNO3/c1-2-17-6-5-7-19(16-17)28-18-12-14-25(15-13-18)23(27)11-10-22(26)20-8-3-4-9-21(20)24/h3-9,16,18H,2,10-15H2,1H3. The molecule has 1 heterocycles. The zero-order chi connectivity index (χ0) is 19.9. The minimum Gasteiger partial charge on any atom is -0.490 e. The number of nitrogens with zero attached hydrogens (tertiary/aromatic N) is 1. The molecule has 0 saturated carbocycles. The Morgan fingerprint density at radius 2 is 1.82 bits per heavy atom. The number of Topliss-reactive ketones (excluding diaryl/α,β-unsaturated/α-hetero) is 1. The summed E-state index contributed by atoms with van der Waals surface area (Å²) in [5.74, 6) is -0.0544. The minimum absolute atomic E-state index is 0.0278. The van der Waals surface area contributed by atoms with Crippen LogP contribution in [0.15, 0.2) is 48.5 Å². The molecule has 0 N–H and O–H groups in total. The van der Waals surface area contributed by atoms with Gasteiger partial charge in [-0.25, -0.2) is 4.39 Å². The molecule has 4 nitrogen and oxygen atoms in total. The Bertz CT molecular complexity index is 828.